The van der Waals surface area contributed by atoms with Crippen molar-refractivity contribution >= 4 is 7.32 Å². The molecule has 2 N–H and O–H groups in total. The molecule has 0 radical (unpaired) electrons. The molecule has 0 saturated heterocycles. The average Bonchev–Trinajstić information content (AvgIpc) is 2.71. The molecule has 3 rings (SSSR count). The fraction of sp³-hybridized carbons (Fsp3) is 0.182. The summed E-state index contributed by atoms with van der Waals surface area (Å²) < 4.78 is 45.7. The Morgan fingerprint density at radius 3 is 1.31 bits per heavy atom. The summed E-state index contributed by atoms with van der Waals surface area (Å²) in [6, 6.07) is 17.9. The lowest BCUT2D eigenvalue weighted by molar-refractivity contribution is 0.179. The van der Waals surface area contributed by atoms with Gasteiger partial charge in [-0.1, -0.05) is 36.4 Å². The summed E-state index contributed by atoms with van der Waals surface area (Å²) in [6.45, 7) is 0.0585. The van der Waals surface area contributed by atoms with Gasteiger partial charge in [0, 0.05) is 12.0 Å². The second kappa shape index (κ2) is 9.26. The molecule has 0 bridgehead atoms. The zero-order valence-corrected chi connectivity index (χ0v) is 15.6. The van der Waals surface area contributed by atoms with E-state index in [1.54, 1.807) is 36.4 Å². The van der Waals surface area contributed by atoms with E-state index in [2.05, 4.69) is 0 Å². The zero-order chi connectivity index (χ0) is 20.9. The van der Waals surface area contributed by atoms with Crippen molar-refractivity contribution in [2.75, 3.05) is 6.61 Å². The topological polar surface area (TPSA) is 49.7 Å². The van der Waals surface area contributed by atoms with E-state index >= 15 is 0 Å². The second-order valence-electron chi connectivity index (χ2n) is 6.73. The summed E-state index contributed by atoms with van der Waals surface area (Å²) in [5.74, 6) is -1.19. The van der Waals surface area contributed by atoms with Crippen molar-refractivity contribution in [1.29, 1.82) is 0 Å². The van der Waals surface area contributed by atoms with Crippen LogP contribution in [0.15, 0.2) is 72.8 Å². The number of benzene rings is 3. The molecule has 0 amide bonds. The Labute approximate surface area is 167 Å². The normalized spacial score (nSPS) is 11.5. The highest BCUT2D eigenvalue weighted by molar-refractivity contribution is 6.32. The Hall–Kier alpha value is -2.61. The first-order valence-corrected chi connectivity index (χ1v) is 9.18. The third-order valence-corrected chi connectivity index (χ3v) is 4.97. The van der Waals surface area contributed by atoms with E-state index in [1.165, 1.54) is 36.4 Å². The molecule has 7 heteroatoms. The van der Waals surface area contributed by atoms with Crippen molar-refractivity contribution in [1.82, 2.24) is 0 Å². The maximum atomic E-state index is 13.6. The van der Waals surface area contributed by atoms with Gasteiger partial charge in [-0.3, -0.25) is 0 Å². The van der Waals surface area contributed by atoms with E-state index in [0.29, 0.717) is 12.8 Å². The molecule has 150 valence electrons. The summed E-state index contributed by atoms with van der Waals surface area (Å²) in [7, 11) is -1.88. The molecule has 0 aliphatic heterocycles. The molecular weight excluding hydrogens is 380 g/mol. The zero-order valence-electron chi connectivity index (χ0n) is 15.6. The Morgan fingerprint density at radius 1 is 0.655 bits per heavy atom. The third-order valence-electron chi connectivity index (χ3n) is 4.97. The average molecular weight is 400 g/mol. The van der Waals surface area contributed by atoms with Crippen LogP contribution in [0.5, 0.6) is 0 Å². The van der Waals surface area contributed by atoms with Gasteiger partial charge >= 0.3 is 7.32 Å². The van der Waals surface area contributed by atoms with Crippen molar-refractivity contribution in [2.45, 2.75) is 18.3 Å². The van der Waals surface area contributed by atoms with Crippen LogP contribution in [0.4, 0.5) is 13.2 Å². The largest absolute Gasteiger partial charge is 0.633 e. The van der Waals surface area contributed by atoms with Crippen LogP contribution in [0.1, 0.15) is 29.5 Å². The standard InChI is InChI=1S/C22H20BF3O3/c24-19-8-2-16(3-9-19)22(14-1-15-29-23(27)28,17-4-10-20(25)11-5-17)18-6-12-21(26)13-7-18/h2-13,27-28H,1,14-15H2. The Balaban J connectivity index is 2.15. The summed E-state index contributed by atoms with van der Waals surface area (Å²) >= 11 is 0. The minimum absolute atomic E-state index is 0.0585. The van der Waals surface area contributed by atoms with Gasteiger partial charge in [-0.25, -0.2) is 13.2 Å². The van der Waals surface area contributed by atoms with E-state index in [1.807, 2.05) is 0 Å². The van der Waals surface area contributed by atoms with Gasteiger partial charge < -0.3 is 14.7 Å². The molecule has 0 heterocycles. The van der Waals surface area contributed by atoms with Crippen LogP contribution in [0.2, 0.25) is 0 Å². The van der Waals surface area contributed by atoms with Gasteiger partial charge in [-0.2, -0.15) is 0 Å². The molecule has 0 fully saturated rings. The summed E-state index contributed by atoms with van der Waals surface area (Å²) in [6.07, 6.45) is 0.826. The predicted octanol–water partition coefficient (Wildman–Crippen LogP) is 4.20. The molecule has 0 aromatic heterocycles. The van der Waals surface area contributed by atoms with E-state index in [-0.39, 0.29) is 6.61 Å². The van der Waals surface area contributed by atoms with Crippen LogP contribution in [0.25, 0.3) is 0 Å². The summed E-state index contributed by atoms with van der Waals surface area (Å²) in [4.78, 5) is 0. The highest BCUT2D eigenvalue weighted by atomic mass is 19.1. The van der Waals surface area contributed by atoms with E-state index in [0.717, 1.165) is 16.7 Å². The van der Waals surface area contributed by atoms with E-state index < -0.39 is 30.2 Å². The minimum atomic E-state index is -1.88. The van der Waals surface area contributed by atoms with Crippen LogP contribution in [-0.4, -0.2) is 24.0 Å². The van der Waals surface area contributed by atoms with Crippen molar-refractivity contribution in [3.8, 4) is 0 Å². The van der Waals surface area contributed by atoms with Gasteiger partial charge in [-0.05, 0) is 65.9 Å². The Morgan fingerprint density at radius 2 is 1.00 bits per heavy atom. The van der Waals surface area contributed by atoms with Gasteiger partial charge in [0.05, 0.1) is 0 Å². The van der Waals surface area contributed by atoms with Crippen LogP contribution in [0.3, 0.4) is 0 Å². The highest BCUT2D eigenvalue weighted by Gasteiger charge is 2.36. The van der Waals surface area contributed by atoms with Crippen LogP contribution >= 0.6 is 0 Å². The lowest BCUT2D eigenvalue weighted by Gasteiger charge is -2.36. The maximum absolute atomic E-state index is 13.6. The van der Waals surface area contributed by atoms with Crippen molar-refractivity contribution in [3.63, 3.8) is 0 Å². The number of hydrogen-bond acceptors (Lipinski definition) is 3. The minimum Gasteiger partial charge on any atom is -0.402 e. The molecule has 0 atom stereocenters. The Bertz CT molecular complexity index is 803. The lowest BCUT2D eigenvalue weighted by Crippen LogP contribution is -2.30. The first-order valence-electron chi connectivity index (χ1n) is 9.18. The van der Waals surface area contributed by atoms with Gasteiger partial charge in [-0.15, -0.1) is 0 Å². The van der Waals surface area contributed by atoms with E-state index in [4.69, 9.17) is 14.7 Å². The quantitative estimate of drug-likeness (QED) is 0.339. The van der Waals surface area contributed by atoms with Gasteiger partial charge in [0.2, 0.25) is 0 Å². The molecule has 0 aliphatic carbocycles. The van der Waals surface area contributed by atoms with Crippen LogP contribution < -0.4 is 0 Å². The predicted molar refractivity (Wildman–Crippen MR) is 104 cm³/mol. The fourth-order valence-electron chi connectivity index (χ4n) is 3.66. The molecular formula is C22H20BF3O3. The van der Waals surface area contributed by atoms with Crippen LogP contribution in [0, 0.1) is 17.5 Å². The number of hydrogen-bond donors (Lipinski definition) is 2. The molecule has 3 nitrogen and oxygen atoms in total. The first-order chi connectivity index (χ1) is 13.9. The van der Waals surface area contributed by atoms with Crippen LogP contribution in [-0.2, 0) is 10.1 Å². The maximum Gasteiger partial charge on any atom is 0.633 e. The molecule has 29 heavy (non-hydrogen) atoms. The fourth-order valence-corrected chi connectivity index (χ4v) is 3.66. The molecule has 3 aromatic carbocycles. The molecule has 0 spiro atoms. The lowest BCUT2D eigenvalue weighted by atomic mass is 9.67. The van der Waals surface area contributed by atoms with Crippen molar-refractivity contribution in [2.24, 2.45) is 0 Å². The SMILES string of the molecule is OB(O)OCCCC(c1ccc(F)cc1)(c1ccc(F)cc1)c1ccc(F)cc1. The Kier molecular flexibility index (Phi) is 6.74. The monoisotopic (exact) mass is 400 g/mol. The first kappa shape index (κ1) is 21.1. The van der Waals surface area contributed by atoms with Gasteiger partial charge in [0.1, 0.15) is 17.5 Å². The molecule has 0 aliphatic rings. The number of rotatable bonds is 8. The summed E-state index contributed by atoms with van der Waals surface area (Å²) in [5, 5.41) is 17.9. The highest BCUT2D eigenvalue weighted by Crippen LogP contribution is 2.43. The third kappa shape index (κ3) is 4.88. The van der Waals surface area contributed by atoms with Gasteiger partial charge in [0.15, 0.2) is 0 Å². The molecule has 3 aromatic rings. The van der Waals surface area contributed by atoms with Gasteiger partial charge in [0.25, 0.3) is 0 Å². The smallest absolute Gasteiger partial charge is 0.402 e. The van der Waals surface area contributed by atoms with Crippen molar-refractivity contribution < 1.29 is 27.9 Å². The summed E-state index contributed by atoms with van der Waals surface area (Å²) in [5.41, 5.74) is 1.36. The molecule has 0 unspecified atom stereocenters. The molecule has 0 saturated carbocycles. The number of halogens is 3. The van der Waals surface area contributed by atoms with E-state index in [9.17, 15) is 13.2 Å². The van der Waals surface area contributed by atoms with Crippen molar-refractivity contribution in [3.05, 3.63) is 107 Å². The second-order valence-corrected chi connectivity index (χ2v) is 6.73.